The zero-order valence-electron chi connectivity index (χ0n) is 15.1. The lowest BCUT2D eigenvalue weighted by molar-refractivity contribution is -0.133. The molecule has 1 aliphatic rings. The monoisotopic (exact) mass is 350 g/mol. The Bertz CT molecular complexity index is 824. The van der Waals surface area contributed by atoms with E-state index >= 15 is 0 Å². The first kappa shape index (κ1) is 17.8. The molecule has 0 spiro atoms. The molecular weight excluding hydrogens is 328 g/mol. The summed E-state index contributed by atoms with van der Waals surface area (Å²) in [6.07, 6.45) is 1.10. The third-order valence-corrected chi connectivity index (χ3v) is 4.72. The van der Waals surface area contributed by atoms with Crippen LogP contribution in [0.3, 0.4) is 0 Å². The third-order valence-electron chi connectivity index (χ3n) is 4.72. The highest BCUT2D eigenvalue weighted by molar-refractivity contribution is 5.77. The van der Waals surface area contributed by atoms with Gasteiger partial charge in [-0.25, -0.2) is 0 Å². The number of amides is 1. The Kier molecular flexibility index (Phi) is 5.43. The van der Waals surface area contributed by atoms with Gasteiger partial charge in [-0.2, -0.15) is 5.26 Å². The number of carbonyl (C=O) groups excluding carboxylic acids is 1. The fourth-order valence-electron chi connectivity index (χ4n) is 3.17. The van der Waals surface area contributed by atoms with Gasteiger partial charge >= 0.3 is 0 Å². The highest BCUT2D eigenvalue weighted by atomic mass is 16.7. The van der Waals surface area contributed by atoms with E-state index < -0.39 is 0 Å². The number of benzene rings is 2. The van der Waals surface area contributed by atoms with Crippen LogP contribution in [-0.4, -0.2) is 24.1 Å². The van der Waals surface area contributed by atoms with E-state index in [1.165, 1.54) is 0 Å². The van der Waals surface area contributed by atoms with Gasteiger partial charge in [-0.3, -0.25) is 4.79 Å². The SMILES string of the molecule is CCN(C(=O)CCc1ccc2c(c1)OCO2)C(C)c1ccc(C#N)cc1. The Morgan fingerprint density at radius 2 is 1.92 bits per heavy atom. The Balaban J connectivity index is 1.63. The minimum Gasteiger partial charge on any atom is -0.454 e. The van der Waals surface area contributed by atoms with Crippen LogP contribution in [0.15, 0.2) is 42.5 Å². The van der Waals surface area contributed by atoms with Gasteiger partial charge in [0.05, 0.1) is 17.7 Å². The van der Waals surface area contributed by atoms with Gasteiger partial charge in [0.15, 0.2) is 11.5 Å². The number of nitriles is 1. The lowest BCUT2D eigenvalue weighted by Gasteiger charge is -2.28. The summed E-state index contributed by atoms with van der Waals surface area (Å²) in [7, 11) is 0. The first-order chi connectivity index (χ1) is 12.6. The van der Waals surface area contributed by atoms with Crippen LogP contribution in [0.25, 0.3) is 0 Å². The molecule has 1 unspecified atom stereocenters. The van der Waals surface area contributed by atoms with Crippen molar-refractivity contribution >= 4 is 5.91 Å². The molecule has 1 amide bonds. The van der Waals surface area contributed by atoms with Crippen LogP contribution in [0.4, 0.5) is 0 Å². The molecule has 3 rings (SSSR count). The molecule has 2 aromatic carbocycles. The van der Waals surface area contributed by atoms with Crippen molar-refractivity contribution in [2.24, 2.45) is 0 Å². The topological polar surface area (TPSA) is 62.6 Å². The molecule has 0 aliphatic carbocycles. The molecule has 1 atom stereocenters. The summed E-state index contributed by atoms with van der Waals surface area (Å²) >= 11 is 0. The van der Waals surface area contributed by atoms with Crippen LogP contribution in [0.1, 0.15) is 43.0 Å². The number of rotatable bonds is 6. The van der Waals surface area contributed by atoms with E-state index in [-0.39, 0.29) is 18.7 Å². The zero-order valence-corrected chi connectivity index (χ0v) is 15.1. The number of aryl methyl sites for hydroxylation is 1. The first-order valence-corrected chi connectivity index (χ1v) is 8.80. The molecule has 2 aromatic rings. The van der Waals surface area contributed by atoms with E-state index in [4.69, 9.17) is 14.7 Å². The molecule has 0 saturated carbocycles. The number of nitrogens with zero attached hydrogens (tertiary/aromatic N) is 2. The highest BCUT2D eigenvalue weighted by Crippen LogP contribution is 2.33. The van der Waals surface area contributed by atoms with Gasteiger partial charge in [0.2, 0.25) is 12.7 Å². The van der Waals surface area contributed by atoms with Crippen molar-refractivity contribution in [3.8, 4) is 17.6 Å². The zero-order chi connectivity index (χ0) is 18.5. The van der Waals surface area contributed by atoms with Gasteiger partial charge in [0.1, 0.15) is 0 Å². The fourth-order valence-corrected chi connectivity index (χ4v) is 3.17. The quantitative estimate of drug-likeness (QED) is 0.794. The van der Waals surface area contributed by atoms with E-state index in [0.717, 1.165) is 22.6 Å². The van der Waals surface area contributed by atoms with Crippen molar-refractivity contribution < 1.29 is 14.3 Å². The summed E-state index contributed by atoms with van der Waals surface area (Å²) in [6.45, 7) is 4.90. The second kappa shape index (κ2) is 7.92. The summed E-state index contributed by atoms with van der Waals surface area (Å²) in [6, 6.07) is 15.3. The average molecular weight is 350 g/mol. The predicted molar refractivity (Wildman–Crippen MR) is 97.8 cm³/mol. The molecule has 0 saturated heterocycles. The molecule has 1 heterocycles. The Morgan fingerprint density at radius 1 is 1.19 bits per heavy atom. The molecular formula is C21H22N2O3. The molecule has 5 heteroatoms. The van der Waals surface area contributed by atoms with Gasteiger partial charge in [-0.05, 0) is 55.7 Å². The van der Waals surface area contributed by atoms with Crippen LogP contribution in [0, 0.1) is 11.3 Å². The number of hydrogen-bond donors (Lipinski definition) is 0. The van der Waals surface area contributed by atoms with Crippen LogP contribution >= 0.6 is 0 Å². The maximum absolute atomic E-state index is 12.7. The molecule has 0 radical (unpaired) electrons. The Hall–Kier alpha value is -3.00. The van der Waals surface area contributed by atoms with Crippen LogP contribution < -0.4 is 9.47 Å². The van der Waals surface area contributed by atoms with E-state index in [1.807, 2.05) is 49.1 Å². The van der Waals surface area contributed by atoms with Crippen molar-refractivity contribution in [3.05, 3.63) is 59.2 Å². The fraction of sp³-hybridized carbons (Fsp3) is 0.333. The van der Waals surface area contributed by atoms with Crippen LogP contribution in [0.2, 0.25) is 0 Å². The van der Waals surface area contributed by atoms with Gasteiger partial charge in [-0.1, -0.05) is 18.2 Å². The Morgan fingerprint density at radius 3 is 2.62 bits per heavy atom. The van der Waals surface area contributed by atoms with Crippen molar-refractivity contribution in [1.29, 1.82) is 5.26 Å². The van der Waals surface area contributed by atoms with Gasteiger partial charge in [0.25, 0.3) is 0 Å². The molecule has 5 nitrogen and oxygen atoms in total. The molecule has 0 aromatic heterocycles. The predicted octanol–water partition coefficient (Wildman–Crippen LogP) is 3.83. The third kappa shape index (κ3) is 3.80. The largest absolute Gasteiger partial charge is 0.454 e. The lowest BCUT2D eigenvalue weighted by atomic mass is 10.0. The maximum Gasteiger partial charge on any atom is 0.231 e. The average Bonchev–Trinajstić information content (AvgIpc) is 3.14. The highest BCUT2D eigenvalue weighted by Gasteiger charge is 2.20. The smallest absolute Gasteiger partial charge is 0.231 e. The van der Waals surface area contributed by atoms with Crippen molar-refractivity contribution in [1.82, 2.24) is 4.90 Å². The van der Waals surface area contributed by atoms with Crippen molar-refractivity contribution in [3.63, 3.8) is 0 Å². The van der Waals surface area contributed by atoms with Gasteiger partial charge in [-0.15, -0.1) is 0 Å². The summed E-state index contributed by atoms with van der Waals surface area (Å²) < 4.78 is 10.7. The molecule has 0 bridgehead atoms. The minimum absolute atomic E-state index is 0.0306. The lowest BCUT2D eigenvalue weighted by Crippen LogP contribution is -2.33. The number of fused-ring (bicyclic) bond motifs is 1. The number of hydrogen-bond acceptors (Lipinski definition) is 4. The second-order valence-corrected chi connectivity index (χ2v) is 6.28. The van der Waals surface area contributed by atoms with Gasteiger partial charge in [0, 0.05) is 13.0 Å². The molecule has 0 N–H and O–H groups in total. The van der Waals surface area contributed by atoms with E-state index in [1.54, 1.807) is 12.1 Å². The molecule has 26 heavy (non-hydrogen) atoms. The second-order valence-electron chi connectivity index (χ2n) is 6.28. The van der Waals surface area contributed by atoms with Crippen LogP contribution in [0.5, 0.6) is 11.5 Å². The van der Waals surface area contributed by atoms with Crippen molar-refractivity contribution in [2.45, 2.75) is 32.7 Å². The molecule has 0 fully saturated rings. The maximum atomic E-state index is 12.7. The van der Waals surface area contributed by atoms with E-state index in [2.05, 4.69) is 6.07 Å². The summed E-state index contributed by atoms with van der Waals surface area (Å²) in [5.74, 6) is 1.61. The van der Waals surface area contributed by atoms with Crippen LogP contribution in [-0.2, 0) is 11.2 Å². The summed E-state index contributed by atoms with van der Waals surface area (Å²) in [4.78, 5) is 14.6. The number of carbonyl (C=O) groups is 1. The minimum atomic E-state index is -0.0306. The van der Waals surface area contributed by atoms with Gasteiger partial charge < -0.3 is 14.4 Å². The first-order valence-electron chi connectivity index (χ1n) is 8.80. The number of ether oxygens (including phenoxy) is 2. The standard InChI is InChI=1S/C21H22N2O3/c1-3-23(15(2)18-8-4-17(13-22)5-9-18)21(24)11-7-16-6-10-19-20(12-16)26-14-25-19/h4-6,8-10,12,15H,3,7,11,14H2,1-2H3. The van der Waals surface area contributed by atoms with E-state index in [0.29, 0.717) is 24.9 Å². The normalized spacial score (nSPS) is 13.1. The molecule has 134 valence electrons. The summed E-state index contributed by atoms with van der Waals surface area (Å²) in [5.41, 5.74) is 2.71. The van der Waals surface area contributed by atoms with E-state index in [9.17, 15) is 4.79 Å². The molecule has 1 aliphatic heterocycles. The summed E-state index contributed by atoms with van der Waals surface area (Å²) in [5, 5.41) is 8.92. The van der Waals surface area contributed by atoms with Crippen molar-refractivity contribution in [2.75, 3.05) is 13.3 Å². The Labute approximate surface area is 153 Å².